The number of hydrogen-bond acceptors (Lipinski definition) is 3. The van der Waals surface area contributed by atoms with E-state index in [4.69, 9.17) is 23.2 Å². The molecule has 20 heavy (non-hydrogen) atoms. The number of sulfone groups is 1. The average Bonchev–Trinajstić information content (AvgIpc) is 2.37. The van der Waals surface area contributed by atoms with Crippen molar-refractivity contribution in [3.05, 3.63) is 63.6 Å². The van der Waals surface area contributed by atoms with E-state index in [0.717, 1.165) is 6.26 Å². The Kier molecular flexibility index (Phi) is 4.18. The van der Waals surface area contributed by atoms with E-state index >= 15 is 0 Å². The lowest BCUT2D eigenvalue weighted by atomic mass is 10.0. The predicted molar refractivity (Wildman–Crippen MR) is 79.4 cm³/mol. The lowest BCUT2D eigenvalue weighted by Crippen LogP contribution is -2.04. The molecule has 0 radical (unpaired) electrons. The third kappa shape index (κ3) is 3.20. The smallest absolute Gasteiger partial charge is 0.194 e. The number of halogens is 2. The molecule has 0 spiro atoms. The van der Waals surface area contributed by atoms with Crippen molar-refractivity contribution in [2.24, 2.45) is 0 Å². The molecular weight excluding hydrogens is 319 g/mol. The van der Waals surface area contributed by atoms with Gasteiger partial charge in [-0.25, -0.2) is 8.42 Å². The molecule has 2 aromatic rings. The summed E-state index contributed by atoms with van der Waals surface area (Å²) in [6.45, 7) is 0. The van der Waals surface area contributed by atoms with E-state index in [-0.39, 0.29) is 26.8 Å². The highest BCUT2D eigenvalue weighted by molar-refractivity contribution is 7.90. The zero-order valence-electron chi connectivity index (χ0n) is 10.4. The molecule has 0 N–H and O–H groups in total. The SMILES string of the molecule is CS(=O)(=O)c1cccc(C(=O)c2ccc(Cl)cc2Cl)c1. The van der Waals surface area contributed by atoms with Gasteiger partial charge in [0.1, 0.15) is 0 Å². The van der Waals surface area contributed by atoms with Crippen LogP contribution in [-0.2, 0) is 9.84 Å². The zero-order chi connectivity index (χ0) is 14.9. The fourth-order valence-electron chi connectivity index (χ4n) is 1.70. The van der Waals surface area contributed by atoms with Gasteiger partial charge in [-0.2, -0.15) is 0 Å². The van der Waals surface area contributed by atoms with Crippen molar-refractivity contribution >= 4 is 38.8 Å². The van der Waals surface area contributed by atoms with Gasteiger partial charge in [-0.15, -0.1) is 0 Å². The average molecular weight is 329 g/mol. The van der Waals surface area contributed by atoms with Crippen LogP contribution in [0.1, 0.15) is 15.9 Å². The number of ketones is 1. The van der Waals surface area contributed by atoms with Crippen molar-refractivity contribution in [1.82, 2.24) is 0 Å². The van der Waals surface area contributed by atoms with Gasteiger partial charge in [0.05, 0.1) is 9.92 Å². The first-order valence-electron chi connectivity index (χ1n) is 5.59. The number of carbonyl (C=O) groups is 1. The lowest BCUT2D eigenvalue weighted by molar-refractivity contribution is 0.103. The normalized spacial score (nSPS) is 11.3. The molecular formula is C14H10Cl2O3S. The summed E-state index contributed by atoms with van der Waals surface area (Å²) in [5.41, 5.74) is 0.541. The fraction of sp³-hybridized carbons (Fsp3) is 0.0714. The summed E-state index contributed by atoms with van der Waals surface area (Å²) in [4.78, 5) is 12.4. The second-order valence-corrected chi connectivity index (χ2v) is 7.11. The molecule has 0 aromatic heterocycles. The Bertz CT molecular complexity index is 783. The number of rotatable bonds is 3. The third-order valence-electron chi connectivity index (χ3n) is 2.70. The van der Waals surface area contributed by atoms with Gasteiger partial charge in [0, 0.05) is 22.4 Å². The predicted octanol–water partition coefficient (Wildman–Crippen LogP) is 3.63. The van der Waals surface area contributed by atoms with Crippen LogP contribution >= 0.6 is 23.2 Å². The van der Waals surface area contributed by atoms with Crippen molar-refractivity contribution in [2.75, 3.05) is 6.26 Å². The fourth-order valence-corrected chi connectivity index (χ4v) is 2.86. The van der Waals surface area contributed by atoms with E-state index in [1.54, 1.807) is 12.1 Å². The summed E-state index contributed by atoms with van der Waals surface area (Å²) in [7, 11) is -3.36. The molecule has 0 heterocycles. The Morgan fingerprint density at radius 1 is 1.05 bits per heavy atom. The molecule has 104 valence electrons. The minimum Gasteiger partial charge on any atom is -0.289 e. The van der Waals surface area contributed by atoms with Gasteiger partial charge in [-0.1, -0.05) is 35.3 Å². The van der Waals surface area contributed by atoms with Crippen LogP contribution in [0.5, 0.6) is 0 Å². The van der Waals surface area contributed by atoms with E-state index in [2.05, 4.69) is 0 Å². The Balaban J connectivity index is 2.49. The first-order chi connectivity index (χ1) is 9.29. The van der Waals surface area contributed by atoms with E-state index in [1.165, 1.54) is 30.3 Å². The van der Waals surface area contributed by atoms with Crippen molar-refractivity contribution in [1.29, 1.82) is 0 Å². The maximum atomic E-state index is 12.3. The van der Waals surface area contributed by atoms with Crippen LogP contribution in [0.3, 0.4) is 0 Å². The number of carbonyl (C=O) groups excluding carboxylic acids is 1. The molecule has 0 aliphatic rings. The lowest BCUT2D eigenvalue weighted by Gasteiger charge is -2.06. The molecule has 6 heteroatoms. The molecule has 2 rings (SSSR count). The van der Waals surface area contributed by atoms with Gasteiger partial charge in [0.25, 0.3) is 0 Å². The maximum Gasteiger partial charge on any atom is 0.194 e. The van der Waals surface area contributed by atoms with Crippen molar-refractivity contribution in [2.45, 2.75) is 4.90 Å². The molecule has 0 unspecified atom stereocenters. The summed E-state index contributed by atoms with van der Waals surface area (Å²) < 4.78 is 23.0. The van der Waals surface area contributed by atoms with Crippen LogP contribution in [0.25, 0.3) is 0 Å². The van der Waals surface area contributed by atoms with Gasteiger partial charge >= 0.3 is 0 Å². The molecule has 0 saturated heterocycles. The quantitative estimate of drug-likeness (QED) is 0.808. The van der Waals surface area contributed by atoms with Crippen LogP contribution in [-0.4, -0.2) is 20.5 Å². The monoisotopic (exact) mass is 328 g/mol. The summed E-state index contributed by atoms with van der Waals surface area (Å²) in [6.07, 6.45) is 1.09. The topological polar surface area (TPSA) is 51.2 Å². The van der Waals surface area contributed by atoms with Crippen LogP contribution in [0.4, 0.5) is 0 Å². The van der Waals surface area contributed by atoms with Crippen LogP contribution < -0.4 is 0 Å². The van der Waals surface area contributed by atoms with Gasteiger partial charge in [-0.3, -0.25) is 4.79 Å². The molecule has 2 aromatic carbocycles. The van der Waals surface area contributed by atoms with Crippen molar-refractivity contribution in [3.8, 4) is 0 Å². The summed E-state index contributed by atoms with van der Waals surface area (Å²) in [6, 6.07) is 10.4. The van der Waals surface area contributed by atoms with Gasteiger partial charge in [0.15, 0.2) is 15.6 Å². The van der Waals surface area contributed by atoms with Crippen LogP contribution in [0.15, 0.2) is 47.4 Å². The van der Waals surface area contributed by atoms with E-state index < -0.39 is 9.84 Å². The van der Waals surface area contributed by atoms with E-state index in [1.807, 2.05) is 0 Å². The number of benzene rings is 2. The maximum absolute atomic E-state index is 12.3. The zero-order valence-corrected chi connectivity index (χ0v) is 12.8. The largest absolute Gasteiger partial charge is 0.289 e. The Morgan fingerprint density at radius 3 is 2.35 bits per heavy atom. The summed E-state index contributed by atoms with van der Waals surface area (Å²) in [5, 5.41) is 0.656. The molecule has 0 aliphatic carbocycles. The Morgan fingerprint density at radius 2 is 1.75 bits per heavy atom. The first kappa shape index (κ1) is 15.0. The van der Waals surface area contributed by atoms with Crippen molar-refractivity contribution < 1.29 is 13.2 Å². The highest BCUT2D eigenvalue weighted by Gasteiger charge is 2.15. The Hall–Kier alpha value is -1.36. The summed E-state index contributed by atoms with van der Waals surface area (Å²) >= 11 is 11.8. The molecule has 0 saturated carbocycles. The molecule has 0 amide bonds. The van der Waals surface area contributed by atoms with Crippen molar-refractivity contribution in [3.63, 3.8) is 0 Å². The highest BCUT2D eigenvalue weighted by atomic mass is 35.5. The molecule has 0 fully saturated rings. The van der Waals surface area contributed by atoms with Crippen LogP contribution in [0.2, 0.25) is 10.0 Å². The molecule has 0 atom stereocenters. The molecule has 0 bridgehead atoms. The Labute approximate surface area is 127 Å². The van der Waals surface area contributed by atoms with Gasteiger partial charge < -0.3 is 0 Å². The number of hydrogen-bond donors (Lipinski definition) is 0. The molecule has 0 aliphatic heterocycles. The molecule has 3 nitrogen and oxygen atoms in total. The van der Waals surface area contributed by atoms with E-state index in [0.29, 0.717) is 5.02 Å². The minimum absolute atomic E-state index is 0.0911. The van der Waals surface area contributed by atoms with Gasteiger partial charge in [-0.05, 0) is 30.3 Å². The van der Waals surface area contributed by atoms with Gasteiger partial charge in [0.2, 0.25) is 0 Å². The minimum atomic E-state index is -3.36. The highest BCUT2D eigenvalue weighted by Crippen LogP contribution is 2.24. The standard InChI is InChI=1S/C14H10Cl2O3S/c1-20(18,19)11-4-2-3-9(7-11)14(17)12-6-5-10(15)8-13(12)16/h2-8H,1H3. The second kappa shape index (κ2) is 5.56. The first-order valence-corrected chi connectivity index (χ1v) is 8.23. The summed E-state index contributed by atoms with van der Waals surface area (Å²) in [5.74, 6) is -0.350. The third-order valence-corrected chi connectivity index (χ3v) is 4.36. The second-order valence-electron chi connectivity index (χ2n) is 4.25. The van der Waals surface area contributed by atoms with E-state index in [9.17, 15) is 13.2 Å². The van der Waals surface area contributed by atoms with Crippen LogP contribution in [0, 0.1) is 0 Å².